The second-order valence-corrected chi connectivity index (χ2v) is 8.59. The van der Waals surface area contributed by atoms with E-state index in [1.807, 2.05) is 16.9 Å². The fraction of sp³-hybridized carbons (Fsp3) is 0.565. The van der Waals surface area contributed by atoms with E-state index in [0.29, 0.717) is 24.3 Å². The molecule has 3 heterocycles. The quantitative estimate of drug-likeness (QED) is 0.784. The molecular formula is C23H31ClN4O2. The van der Waals surface area contributed by atoms with Gasteiger partial charge in [-0.2, -0.15) is 5.10 Å². The van der Waals surface area contributed by atoms with Gasteiger partial charge in [0.25, 0.3) is 5.91 Å². The monoisotopic (exact) mass is 430 g/mol. The van der Waals surface area contributed by atoms with Crippen molar-refractivity contribution in [3.63, 3.8) is 0 Å². The third kappa shape index (κ3) is 4.35. The average Bonchev–Trinajstić information content (AvgIpc) is 3.53. The number of amides is 1. The minimum atomic E-state index is 0. The van der Waals surface area contributed by atoms with Gasteiger partial charge in [-0.15, -0.1) is 12.4 Å². The minimum absolute atomic E-state index is 0. The van der Waals surface area contributed by atoms with E-state index >= 15 is 0 Å². The maximum absolute atomic E-state index is 13.5. The van der Waals surface area contributed by atoms with Crippen LogP contribution in [-0.4, -0.2) is 46.3 Å². The predicted molar refractivity (Wildman–Crippen MR) is 118 cm³/mol. The highest BCUT2D eigenvalue weighted by Gasteiger charge is 2.29. The van der Waals surface area contributed by atoms with E-state index in [4.69, 9.17) is 9.84 Å². The van der Waals surface area contributed by atoms with Gasteiger partial charge in [0.1, 0.15) is 11.4 Å². The second kappa shape index (κ2) is 9.40. The maximum atomic E-state index is 13.5. The lowest BCUT2D eigenvalue weighted by molar-refractivity contribution is 0.0657. The largest absolute Gasteiger partial charge is 0.493 e. The molecule has 1 unspecified atom stereocenters. The predicted octanol–water partition coefficient (Wildman–Crippen LogP) is 3.75. The molecule has 2 fully saturated rings. The molecule has 30 heavy (non-hydrogen) atoms. The lowest BCUT2D eigenvalue weighted by Gasteiger charge is -2.29. The van der Waals surface area contributed by atoms with Crippen molar-refractivity contribution in [3.8, 4) is 5.75 Å². The van der Waals surface area contributed by atoms with Crippen LogP contribution in [0.5, 0.6) is 5.75 Å². The summed E-state index contributed by atoms with van der Waals surface area (Å²) >= 11 is 0. The summed E-state index contributed by atoms with van der Waals surface area (Å²) in [5.74, 6) is 1.06. The molecule has 1 aromatic carbocycles. The lowest BCUT2D eigenvalue weighted by Crippen LogP contribution is -2.38. The van der Waals surface area contributed by atoms with Crippen LogP contribution in [0.1, 0.15) is 66.2 Å². The highest BCUT2D eigenvalue weighted by Crippen LogP contribution is 2.30. The molecule has 0 bridgehead atoms. The van der Waals surface area contributed by atoms with Crippen LogP contribution in [0.15, 0.2) is 30.5 Å². The molecule has 1 N–H and O–H groups in total. The molecule has 1 aliphatic carbocycles. The van der Waals surface area contributed by atoms with E-state index in [2.05, 4.69) is 28.4 Å². The Balaban J connectivity index is 0.00000218. The summed E-state index contributed by atoms with van der Waals surface area (Å²) in [6, 6.07) is 8.93. The molecule has 7 heteroatoms. The van der Waals surface area contributed by atoms with Crippen molar-refractivity contribution in [1.82, 2.24) is 20.0 Å². The van der Waals surface area contributed by atoms with E-state index in [1.165, 1.54) is 24.0 Å². The van der Waals surface area contributed by atoms with Crippen molar-refractivity contribution in [2.45, 2.75) is 63.6 Å². The summed E-state index contributed by atoms with van der Waals surface area (Å²) in [7, 11) is 0. The number of fused-ring (bicyclic) bond motifs is 1. The molecular weight excluding hydrogens is 400 g/mol. The Labute approximate surface area is 184 Å². The molecule has 6 nitrogen and oxygen atoms in total. The highest BCUT2D eigenvalue weighted by atomic mass is 35.5. The van der Waals surface area contributed by atoms with Gasteiger partial charge in [0.15, 0.2) is 0 Å². The van der Waals surface area contributed by atoms with Gasteiger partial charge in [-0.3, -0.25) is 9.48 Å². The Kier molecular flexibility index (Phi) is 6.64. The highest BCUT2D eigenvalue weighted by molar-refractivity contribution is 5.92. The third-order valence-corrected chi connectivity index (χ3v) is 6.61. The van der Waals surface area contributed by atoms with Crippen molar-refractivity contribution in [2.24, 2.45) is 0 Å². The van der Waals surface area contributed by atoms with Gasteiger partial charge in [-0.1, -0.05) is 25.0 Å². The van der Waals surface area contributed by atoms with Gasteiger partial charge in [0.05, 0.1) is 12.6 Å². The molecule has 1 saturated heterocycles. The molecule has 0 radical (unpaired) electrons. The van der Waals surface area contributed by atoms with E-state index in [9.17, 15) is 4.79 Å². The first-order chi connectivity index (χ1) is 14.3. The van der Waals surface area contributed by atoms with Gasteiger partial charge < -0.3 is 15.0 Å². The molecule has 1 saturated carbocycles. The van der Waals surface area contributed by atoms with Crippen LogP contribution in [0.2, 0.25) is 0 Å². The van der Waals surface area contributed by atoms with Crippen LogP contribution in [-0.2, 0) is 13.0 Å². The maximum Gasteiger partial charge on any atom is 0.274 e. The van der Waals surface area contributed by atoms with Gasteiger partial charge >= 0.3 is 0 Å². The van der Waals surface area contributed by atoms with Crippen molar-refractivity contribution in [2.75, 3.05) is 19.7 Å². The number of carbonyl (C=O) groups is 1. The third-order valence-electron chi connectivity index (χ3n) is 6.61. The van der Waals surface area contributed by atoms with Gasteiger partial charge in [-0.25, -0.2) is 0 Å². The van der Waals surface area contributed by atoms with Crippen molar-refractivity contribution < 1.29 is 9.53 Å². The van der Waals surface area contributed by atoms with Crippen LogP contribution < -0.4 is 10.1 Å². The summed E-state index contributed by atoms with van der Waals surface area (Å²) in [4.78, 5) is 15.5. The Morgan fingerprint density at radius 2 is 2.07 bits per heavy atom. The zero-order valence-corrected chi connectivity index (χ0v) is 18.2. The number of aromatic nitrogens is 2. The van der Waals surface area contributed by atoms with E-state index in [-0.39, 0.29) is 18.3 Å². The fourth-order valence-electron chi connectivity index (χ4n) is 4.98. The second-order valence-electron chi connectivity index (χ2n) is 8.59. The zero-order chi connectivity index (χ0) is 19.6. The molecule has 162 valence electrons. The van der Waals surface area contributed by atoms with Gasteiger partial charge in [0, 0.05) is 31.7 Å². The number of ether oxygens (including phenoxy) is 1. The molecule has 2 aromatic rings. The first-order valence-corrected chi connectivity index (χ1v) is 11.1. The number of carbonyl (C=O) groups excluding carboxylic acids is 1. The van der Waals surface area contributed by atoms with Crippen molar-refractivity contribution in [1.29, 1.82) is 0 Å². The molecule has 1 amide bonds. The smallest absolute Gasteiger partial charge is 0.274 e. The average molecular weight is 431 g/mol. The summed E-state index contributed by atoms with van der Waals surface area (Å²) in [5, 5.41) is 8.12. The van der Waals surface area contributed by atoms with Crippen LogP contribution in [0.4, 0.5) is 0 Å². The number of nitrogens with one attached hydrogen (secondary N) is 1. The lowest BCUT2D eigenvalue weighted by atomic mass is 10.1. The Hall–Kier alpha value is -2.05. The Bertz CT molecular complexity index is 872. The van der Waals surface area contributed by atoms with Crippen molar-refractivity contribution >= 4 is 18.3 Å². The van der Waals surface area contributed by atoms with Crippen LogP contribution in [0.25, 0.3) is 0 Å². The first-order valence-electron chi connectivity index (χ1n) is 11.1. The first kappa shape index (κ1) is 21.2. The standard InChI is InChI=1S/C23H30N4O2.ClH/c28-23(21-9-12-27(25-21)20-6-3-11-24-15-20)26(19-4-1-2-5-19)16-17-7-8-22-18(14-17)10-13-29-22;/h7-9,12,14,19-20,24H,1-6,10-11,13,15-16H2;1H. The molecule has 3 aliphatic rings. The molecule has 2 aliphatic heterocycles. The van der Waals surface area contributed by atoms with Crippen LogP contribution >= 0.6 is 12.4 Å². The SMILES string of the molecule is Cl.O=C(c1ccn(C2CCCNC2)n1)N(Cc1ccc2c(c1)CCO2)C1CCCC1. The summed E-state index contributed by atoms with van der Waals surface area (Å²) in [6.45, 7) is 3.41. The number of benzene rings is 1. The van der Waals surface area contributed by atoms with Crippen molar-refractivity contribution in [3.05, 3.63) is 47.3 Å². The summed E-state index contributed by atoms with van der Waals surface area (Å²) < 4.78 is 7.62. The number of piperidine rings is 1. The number of halogens is 1. The number of hydrogen-bond acceptors (Lipinski definition) is 4. The van der Waals surface area contributed by atoms with Gasteiger partial charge in [-0.05, 0) is 55.5 Å². The van der Waals surface area contributed by atoms with Crippen LogP contribution in [0.3, 0.4) is 0 Å². The fourth-order valence-corrected chi connectivity index (χ4v) is 4.98. The number of rotatable bonds is 5. The zero-order valence-electron chi connectivity index (χ0n) is 17.4. The summed E-state index contributed by atoms with van der Waals surface area (Å²) in [6.07, 6.45) is 9.80. The molecule has 1 atom stereocenters. The van der Waals surface area contributed by atoms with E-state index in [1.54, 1.807) is 0 Å². The Morgan fingerprint density at radius 3 is 2.87 bits per heavy atom. The number of hydrogen-bond donors (Lipinski definition) is 1. The molecule has 5 rings (SSSR count). The summed E-state index contributed by atoms with van der Waals surface area (Å²) in [5.41, 5.74) is 3.02. The molecule has 1 aromatic heterocycles. The number of nitrogens with zero attached hydrogens (tertiary/aromatic N) is 3. The Morgan fingerprint density at radius 1 is 1.20 bits per heavy atom. The molecule has 0 spiro atoms. The normalized spacial score (nSPS) is 21.0. The topological polar surface area (TPSA) is 59.4 Å². The van der Waals surface area contributed by atoms with Crippen LogP contribution in [0, 0.1) is 0 Å². The minimum Gasteiger partial charge on any atom is -0.493 e. The van der Waals surface area contributed by atoms with E-state index in [0.717, 1.165) is 57.6 Å². The van der Waals surface area contributed by atoms with Gasteiger partial charge in [0.2, 0.25) is 0 Å². The van der Waals surface area contributed by atoms with E-state index < -0.39 is 0 Å².